The molecule has 0 spiro atoms. The molecule has 0 saturated heterocycles. The highest BCUT2D eigenvalue weighted by molar-refractivity contribution is 7.99. The Hall–Kier alpha value is -1.84. The van der Waals surface area contributed by atoms with Crippen molar-refractivity contribution in [3.05, 3.63) is 41.1 Å². The first-order valence-corrected chi connectivity index (χ1v) is 5.68. The molecule has 5 nitrogen and oxygen atoms in total. The second-order valence-electron chi connectivity index (χ2n) is 2.92. The maximum absolute atomic E-state index is 7.00. The Morgan fingerprint density at radius 1 is 1.41 bits per heavy atom. The number of nitrogens with two attached hydrogens (primary N) is 1. The number of hydrogen-bond acceptors (Lipinski definition) is 5. The summed E-state index contributed by atoms with van der Waals surface area (Å²) in [5.41, 5.74) is 5.68. The van der Waals surface area contributed by atoms with Crippen molar-refractivity contribution in [1.82, 2.24) is 15.0 Å². The summed E-state index contributed by atoms with van der Waals surface area (Å²) in [7, 11) is 0. The fourth-order valence-corrected chi connectivity index (χ4v) is 2.04. The van der Waals surface area contributed by atoms with Crippen LogP contribution in [0.2, 0.25) is 5.15 Å². The van der Waals surface area contributed by atoms with Crippen molar-refractivity contribution in [2.75, 3.05) is 5.73 Å². The average Bonchev–Trinajstić information content (AvgIpc) is 2.33. The zero-order valence-corrected chi connectivity index (χ0v) is 10.0. The van der Waals surface area contributed by atoms with Crippen LogP contribution in [-0.4, -0.2) is 15.0 Å². The zero-order chi connectivity index (χ0) is 12.3. The van der Waals surface area contributed by atoms with Gasteiger partial charge in [0.05, 0.1) is 6.20 Å². The molecule has 7 heteroatoms. The normalized spacial score (nSPS) is 9.88. The van der Waals surface area contributed by atoms with Crippen molar-refractivity contribution < 1.29 is 0 Å². The van der Waals surface area contributed by atoms with Crippen LogP contribution in [0, 0.1) is 6.57 Å². The van der Waals surface area contributed by atoms with E-state index in [0.717, 1.165) is 0 Å². The quantitative estimate of drug-likeness (QED) is 0.844. The highest BCUT2D eigenvalue weighted by Crippen LogP contribution is 2.34. The van der Waals surface area contributed by atoms with Gasteiger partial charge in [0.25, 0.3) is 5.82 Å². The van der Waals surface area contributed by atoms with Gasteiger partial charge in [0.15, 0.2) is 5.82 Å². The standard InChI is InChI=1S/C10H6ClN5S/c1-13-9-6(3-2-4-14-9)17-10-8(12)16-7(11)5-15-10/h2-5H,(H2,12,16). The van der Waals surface area contributed by atoms with E-state index in [1.54, 1.807) is 18.3 Å². The SMILES string of the molecule is [C-]#[N+]c1ncccc1Sc1ncc(Cl)nc1N. The van der Waals surface area contributed by atoms with Crippen molar-refractivity contribution in [1.29, 1.82) is 0 Å². The fourth-order valence-electron chi connectivity index (χ4n) is 1.10. The molecule has 0 atom stereocenters. The lowest BCUT2D eigenvalue weighted by molar-refractivity contribution is 1.07. The minimum absolute atomic E-state index is 0.238. The van der Waals surface area contributed by atoms with Crippen LogP contribution < -0.4 is 5.73 Å². The molecular weight excluding hydrogens is 258 g/mol. The van der Waals surface area contributed by atoms with E-state index in [-0.39, 0.29) is 11.0 Å². The molecule has 0 amide bonds. The number of nitrogen functional groups attached to an aromatic ring is 1. The van der Waals surface area contributed by atoms with E-state index in [0.29, 0.717) is 15.7 Å². The van der Waals surface area contributed by atoms with Crippen molar-refractivity contribution in [2.24, 2.45) is 0 Å². The van der Waals surface area contributed by atoms with Crippen LogP contribution in [0.3, 0.4) is 0 Å². The molecule has 2 N–H and O–H groups in total. The molecule has 0 aromatic carbocycles. The summed E-state index contributed by atoms with van der Waals surface area (Å²) < 4.78 is 0. The molecule has 84 valence electrons. The van der Waals surface area contributed by atoms with Crippen molar-refractivity contribution in [2.45, 2.75) is 9.92 Å². The van der Waals surface area contributed by atoms with Gasteiger partial charge >= 0.3 is 0 Å². The predicted molar refractivity (Wildman–Crippen MR) is 66.1 cm³/mol. The third-order valence-electron chi connectivity index (χ3n) is 1.80. The number of aromatic nitrogens is 3. The van der Waals surface area contributed by atoms with Gasteiger partial charge < -0.3 is 10.6 Å². The molecule has 0 aliphatic carbocycles. The van der Waals surface area contributed by atoms with Gasteiger partial charge in [0, 0.05) is 4.90 Å². The number of rotatable bonds is 2. The number of pyridine rings is 1. The Morgan fingerprint density at radius 3 is 2.94 bits per heavy atom. The van der Waals surface area contributed by atoms with Crippen LogP contribution in [0.15, 0.2) is 34.4 Å². The Morgan fingerprint density at radius 2 is 2.24 bits per heavy atom. The van der Waals surface area contributed by atoms with Crippen LogP contribution >= 0.6 is 23.4 Å². The van der Waals surface area contributed by atoms with Crippen LogP contribution in [0.4, 0.5) is 11.6 Å². The third-order valence-corrected chi connectivity index (χ3v) is 3.03. The monoisotopic (exact) mass is 263 g/mol. The fraction of sp³-hybridized carbons (Fsp3) is 0. The van der Waals surface area contributed by atoms with Crippen LogP contribution in [0.1, 0.15) is 0 Å². The second-order valence-corrected chi connectivity index (χ2v) is 4.34. The molecule has 0 bridgehead atoms. The predicted octanol–water partition coefficient (Wildman–Crippen LogP) is 2.81. The largest absolute Gasteiger partial charge is 0.381 e. The van der Waals surface area contributed by atoms with E-state index >= 15 is 0 Å². The molecular formula is C10H6ClN5S. The molecule has 0 unspecified atom stereocenters. The van der Waals surface area contributed by atoms with Crippen LogP contribution in [-0.2, 0) is 0 Å². The van der Waals surface area contributed by atoms with Gasteiger partial charge in [0.2, 0.25) is 0 Å². The van der Waals surface area contributed by atoms with E-state index in [1.165, 1.54) is 18.0 Å². The van der Waals surface area contributed by atoms with Gasteiger partial charge in [-0.1, -0.05) is 36.0 Å². The van der Waals surface area contributed by atoms with Crippen molar-refractivity contribution in [3.63, 3.8) is 0 Å². The highest BCUT2D eigenvalue weighted by Gasteiger charge is 2.09. The summed E-state index contributed by atoms with van der Waals surface area (Å²) in [4.78, 5) is 15.9. The molecule has 0 aliphatic heterocycles. The maximum Gasteiger partial charge on any atom is 0.283 e. The number of halogens is 1. The van der Waals surface area contributed by atoms with Gasteiger partial charge in [-0.3, -0.25) is 0 Å². The van der Waals surface area contributed by atoms with Gasteiger partial charge in [-0.2, -0.15) is 0 Å². The lowest BCUT2D eigenvalue weighted by atomic mass is 10.5. The molecule has 2 aromatic rings. The molecule has 17 heavy (non-hydrogen) atoms. The van der Waals surface area contributed by atoms with Gasteiger partial charge in [-0.15, -0.1) is 4.98 Å². The summed E-state index contributed by atoms with van der Waals surface area (Å²) in [6.45, 7) is 7.00. The smallest absolute Gasteiger partial charge is 0.283 e. The summed E-state index contributed by atoms with van der Waals surface area (Å²) in [5.74, 6) is 0.552. The second kappa shape index (κ2) is 4.99. The van der Waals surface area contributed by atoms with Gasteiger partial charge in [0.1, 0.15) is 16.4 Å². The summed E-state index contributed by atoms with van der Waals surface area (Å²) in [6, 6.07) is 3.53. The Bertz CT molecular complexity index is 595. The first kappa shape index (κ1) is 11.6. The molecule has 2 rings (SSSR count). The van der Waals surface area contributed by atoms with E-state index in [1.807, 2.05) is 0 Å². The summed E-state index contributed by atoms with van der Waals surface area (Å²) >= 11 is 6.90. The van der Waals surface area contributed by atoms with Gasteiger partial charge in [-0.25, -0.2) is 9.97 Å². The molecule has 2 aromatic heterocycles. The molecule has 2 heterocycles. The van der Waals surface area contributed by atoms with E-state index in [4.69, 9.17) is 23.9 Å². The number of hydrogen-bond donors (Lipinski definition) is 1. The first-order chi connectivity index (χ1) is 8.20. The molecule has 0 fully saturated rings. The van der Waals surface area contributed by atoms with E-state index < -0.39 is 0 Å². The molecule has 0 aliphatic rings. The summed E-state index contributed by atoms with van der Waals surface area (Å²) in [5, 5.41) is 0.746. The number of anilines is 1. The van der Waals surface area contributed by atoms with Gasteiger partial charge in [-0.05, 0) is 6.07 Å². The highest BCUT2D eigenvalue weighted by atomic mass is 35.5. The maximum atomic E-state index is 7.00. The van der Waals surface area contributed by atoms with E-state index in [9.17, 15) is 0 Å². The minimum atomic E-state index is 0.238. The third kappa shape index (κ3) is 2.64. The lowest BCUT2D eigenvalue weighted by Gasteiger charge is -2.04. The van der Waals surface area contributed by atoms with Crippen molar-refractivity contribution >= 4 is 35.0 Å². The Labute approximate surface area is 107 Å². The average molecular weight is 264 g/mol. The van der Waals surface area contributed by atoms with Crippen LogP contribution in [0.5, 0.6) is 0 Å². The zero-order valence-electron chi connectivity index (χ0n) is 8.46. The topological polar surface area (TPSA) is 69.0 Å². The van der Waals surface area contributed by atoms with Crippen LogP contribution in [0.25, 0.3) is 4.85 Å². The number of nitrogens with zero attached hydrogens (tertiary/aromatic N) is 4. The molecule has 0 radical (unpaired) electrons. The minimum Gasteiger partial charge on any atom is -0.381 e. The first-order valence-electron chi connectivity index (χ1n) is 4.49. The summed E-state index contributed by atoms with van der Waals surface area (Å²) in [6.07, 6.45) is 2.97. The van der Waals surface area contributed by atoms with Crippen molar-refractivity contribution in [3.8, 4) is 0 Å². The Balaban J connectivity index is 2.35. The molecule has 0 saturated carbocycles. The van der Waals surface area contributed by atoms with E-state index in [2.05, 4.69) is 19.8 Å². The Kier molecular flexibility index (Phi) is 3.42. The lowest BCUT2D eigenvalue weighted by Crippen LogP contribution is -1.95.